The molecule has 3 heteroatoms. The van der Waals surface area contributed by atoms with Gasteiger partial charge in [-0.1, -0.05) is 48.5 Å². The Hall–Kier alpha value is -2.55. The predicted octanol–water partition coefficient (Wildman–Crippen LogP) is 2.45. The molecule has 0 heterocycles. The number of benzene rings is 2. The first-order valence-electron chi connectivity index (χ1n) is 5.60. The van der Waals surface area contributed by atoms with Crippen LogP contribution in [0.5, 0.6) is 0 Å². The van der Waals surface area contributed by atoms with Crippen molar-refractivity contribution in [2.75, 3.05) is 5.73 Å². The molecule has 2 rings (SSSR count). The fourth-order valence-electron chi connectivity index (χ4n) is 1.66. The number of anilines is 1. The number of para-hydroxylation sites is 1. The van der Waals surface area contributed by atoms with Crippen LogP contribution in [0.3, 0.4) is 0 Å². The van der Waals surface area contributed by atoms with E-state index in [-0.39, 0.29) is 5.78 Å². The Morgan fingerprint density at radius 1 is 0.944 bits per heavy atom. The van der Waals surface area contributed by atoms with Crippen molar-refractivity contribution in [1.29, 1.82) is 0 Å². The summed E-state index contributed by atoms with van der Waals surface area (Å²) in [7, 11) is 0. The number of allylic oxidation sites excluding steroid dienone is 1. The molecule has 0 unspecified atom stereocenters. The number of carbonyl (C=O) groups is 1. The van der Waals surface area contributed by atoms with Crippen LogP contribution in [-0.2, 0) is 0 Å². The van der Waals surface area contributed by atoms with Crippen molar-refractivity contribution in [3.63, 3.8) is 0 Å². The lowest BCUT2D eigenvalue weighted by Gasteiger charge is -2.05. The van der Waals surface area contributed by atoms with Gasteiger partial charge in [0.2, 0.25) is 0 Å². The third-order valence-corrected chi connectivity index (χ3v) is 2.62. The lowest BCUT2D eigenvalue weighted by molar-refractivity contribution is 0.104. The molecule has 2 aromatic carbocycles. The molecule has 0 saturated carbocycles. The summed E-state index contributed by atoms with van der Waals surface area (Å²) in [5, 5.41) is 0. The molecule has 0 bridgehead atoms. The van der Waals surface area contributed by atoms with Crippen LogP contribution in [0.1, 0.15) is 15.9 Å². The van der Waals surface area contributed by atoms with Crippen LogP contribution in [0.4, 0.5) is 5.69 Å². The van der Waals surface area contributed by atoms with Gasteiger partial charge < -0.3 is 11.5 Å². The smallest absolute Gasteiger partial charge is 0.187 e. The first kappa shape index (κ1) is 11.9. The topological polar surface area (TPSA) is 69.1 Å². The van der Waals surface area contributed by atoms with Gasteiger partial charge in [-0.05, 0) is 6.07 Å². The van der Waals surface area contributed by atoms with Gasteiger partial charge in [-0.25, -0.2) is 0 Å². The van der Waals surface area contributed by atoms with E-state index in [1.807, 2.05) is 30.3 Å². The van der Waals surface area contributed by atoms with E-state index in [1.54, 1.807) is 24.3 Å². The zero-order valence-corrected chi connectivity index (χ0v) is 9.84. The van der Waals surface area contributed by atoms with E-state index in [4.69, 9.17) is 11.5 Å². The number of hydrogen-bond acceptors (Lipinski definition) is 3. The second-order valence-electron chi connectivity index (χ2n) is 3.92. The molecule has 0 spiro atoms. The summed E-state index contributed by atoms with van der Waals surface area (Å²) < 4.78 is 0. The molecular weight excluding hydrogens is 224 g/mol. The van der Waals surface area contributed by atoms with Crippen molar-refractivity contribution in [2.45, 2.75) is 0 Å². The third kappa shape index (κ3) is 2.58. The maximum atomic E-state index is 11.9. The lowest BCUT2D eigenvalue weighted by atomic mass is 10.1. The van der Waals surface area contributed by atoms with E-state index in [0.29, 0.717) is 22.5 Å². The van der Waals surface area contributed by atoms with E-state index < -0.39 is 0 Å². The summed E-state index contributed by atoms with van der Waals surface area (Å²) in [6.45, 7) is 0. The van der Waals surface area contributed by atoms with Crippen molar-refractivity contribution >= 4 is 17.2 Å². The van der Waals surface area contributed by atoms with Crippen LogP contribution >= 0.6 is 0 Å². The van der Waals surface area contributed by atoms with E-state index in [2.05, 4.69) is 0 Å². The monoisotopic (exact) mass is 238 g/mol. The highest BCUT2D eigenvalue weighted by Crippen LogP contribution is 2.17. The van der Waals surface area contributed by atoms with Gasteiger partial charge in [0.15, 0.2) is 5.78 Å². The van der Waals surface area contributed by atoms with Crippen LogP contribution in [0.25, 0.3) is 5.70 Å². The van der Waals surface area contributed by atoms with Crippen LogP contribution in [0, 0.1) is 0 Å². The highest BCUT2D eigenvalue weighted by atomic mass is 16.1. The first-order chi connectivity index (χ1) is 8.68. The van der Waals surface area contributed by atoms with Gasteiger partial charge in [-0.15, -0.1) is 0 Å². The highest BCUT2D eigenvalue weighted by molar-refractivity contribution is 6.08. The summed E-state index contributed by atoms with van der Waals surface area (Å²) in [5.74, 6) is -0.128. The minimum atomic E-state index is -0.128. The molecule has 0 atom stereocenters. The molecule has 0 aromatic heterocycles. The van der Waals surface area contributed by atoms with Crippen LogP contribution < -0.4 is 11.5 Å². The summed E-state index contributed by atoms with van der Waals surface area (Å²) >= 11 is 0. The normalized spacial score (nSPS) is 11.2. The molecular formula is C15H14N2O. The predicted molar refractivity (Wildman–Crippen MR) is 73.8 cm³/mol. The maximum Gasteiger partial charge on any atom is 0.187 e. The molecule has 0 saturated heterocycles. The fourth-order valence-corrected chi connectivity index (χ4v) is 1.66. The molecule has 4 N–H and O–H groups in total. The Morgan fingerprint density at radius 2 is 1.56 bits per heavy atom. The second kappa shape index (κ2) is 5.19. The minimum Gasteiger partial charge on any atom is -0.398 e. The van der Waals surface area contributed by atoms with Gasteiger partial charge in [-0.3, -0.25) is 4.79 Å². The van der Waals surface area contributed by atoms with Gasteiger partial charge in [0.1, 0.15) is 0 Å². The maximum absolute atomic E-state index is 11.9. The number of hydrogen-bond donors (Lipinski definition) is 2. The van der Waals surface area contributed by atoms with Crippen LogP contribution in [0.2, 0.25) is 0 Å². The fraction of sp³-hybridized carbons (Fsp3) is 0. The molecule has 3 nitrogen and oxygen atoms in total. The number of carbonyl (C=O) groups excluding carboxylic acids is 1. The van der Waals surface area contributed by atoms with E-state index in [9.17, 15) is 4.79 Å². The Balaban J connectivity index is 2.30. The van der Waals surface area contributed by atoms with E-state index in [0.717, 1.165) is 0 Å². The van der Waals surface area contributed by atoms with Crippen LogP contribution in [0.15, 0.2) is 60.7 Å². The summed E-state index contributed by atoms with van der Waals surface area (Å²) in [5.41, 5.74) is 13.9. The minimum absolute atomic E-state index is 0.128. The highest BCUT2D eigenvalue weighted by Gasteiger charge is 2.05. The van der Waals surface area contributed by atoms with Gasteiger partial charge in [-0.2, -0.15) is 0 Å². The van der Waals surface area contributed by atoms with E-state index in [1.165, 1.54) is 6.08 Å². The molecule has 0 amide bonds. The molecule has 0 aliphatic heterocycles. The largest absolute Gasteiger partial charge is 0.398 e. The van der Waals surface area contributed by atoms with Gasteiger partial charge in [0, 0.05) is 28.6 Å². The molecule has 0 aliphatic rings. The number of nitrogens with two attached hydrogens (primary N) is 2. The molecule has 2 aromatic rings. The molecule has 90 valence electrons. The quantitative estimate of drug-likeness (QED) is 0.490. The second-order valence-corrected chi connectivity index (χ2v) is 3.92. The van der Waals surface area contributed by atoms with Crippen molar-refractivity contribution in [1.82, 2.24) is 0 Å². The lowest BCUT2D eigenvalue weighted by Crippen LogP contribution is -2.04. The average molecular weight is 238 g/mol. The number of nitrogen functional groups attached to an aromatic ring is 1. The summed E-state index contributed by atoms with van der Waals surface area (Å²) in [4.78, 5) is 11.9. The average Bonchev–Trinajstić information content (AvgIpc) is 2.40. The van der Waals surface area contributed by atoms with Crippen LogP contribution in [-0.4, -0.2) is 5.78 Å². The SMILES string of the molecule is NC(=CC(=O)c1ccccc1)c1ccccc1N. The molecule has 18 heavy (non-hydrogen) atoms. The van der Waals surface area contributed by atoms with Crippen molar-refractivity contribution in [3.8, 4) is 0 Å². The van der Waals surface area contributed by atoms with Gasteiger partial charge in [0.25, 0.3) is 0 Å². The van der Waals surface area contributed by atoms with Gasteiger partial charge >= 0.3 is 0 Å². The number of ketones is 1. The zero-order valence-electron chi connectivity index (χ0n) is 9.84. The van der Waals surface area contributed by atoms with Crippen molar-refractivity contribution in [3.05, 3.63) is 71.8 Å². The Labute approximate surface area is 106 Å². The Bertz CT molecular complexity index is 588. The van der Waals surface area contributed by atoms with Crippen molar-refractivity contribution < 1.29 is 4.79 Å². The number of rotatable bonds is 3. The summed E-state index contributed by atoms with van der Waals surface area (Å²) in [6.07, 6.45) is 1.40. The summed E-state index contributed by atoms with van der Waals surface area (Å²) in [6, 6.07) is 16.2. The van der Waals surface area contributed by atoms with E-state index >= 15 is 0 Å². The molecule has 0 radical (unpaired) electrons. The molecule has 0 fully saturated rings. The molecule has 0 aliphatic carbocycles. The van der Waals surface area contributed by atoms with Gasteiger partial charge in [0.05, 0.1) is 0 Å². The Kier molecular flexibility index (Phi) is 3.44. The third-order valence-electron chi connectivity index (χ3n) is 2.62. The zero-order chi connectivity index (χ0) is 13.0. The standard InChI is InChI=1S/C15H14N2O/c16-13-9-5-4-8-12(13)14(17)10-15(18)11-6-2-1-3-7-11/h1-10H,16-17H2. The van der Waals surface area contributed by atoms with Crippen molar-refractivity contribution in [2.24, 2.45) is 5.73 Å². The first-order valence-corrected chi connectivity index (χ1v) is 5.60. The Morgan fingerprint density at radius 3 is 2.22 bits per heavy atom.